The lowest BCUT2D eigenvalue weighted by Gasteiger charge is -2.42. The van der Waals surface area contributed by atoms with Crippen molar-refractivity contribution in [3.05, 3.63) is 101 Å². The smallest absolute Gasteiger partial charge is 0.322 e. The summed E-state index contributed by atoms with van der Waals surface area (Å²) in [5.41, 5.74) is 5.54. The van der Waals surface area contributed by atoms with E-state index in [1.165, 1.54) is 0 Å². The summed E-state index contributed by atoms with van der Waals surface area (Å²) in [4.78, 5) is 29.5. The number of urea groups is 2. The van der Waals surface area contributed by atoms with E-state index < -0.39 is 0 Å². The topological polar surface area (TPSA) is 101 Å². The third kappa shape index (κ3) is 6.99. The maximum atomic E-state index is 13.8. The van der Waals surface area contributed by atoms with E-state index in [1.807, 2.05) is 78.6 Å². The maximum absolute atomic E-state index is 13.8. The molecule has 2 bridgehead atoms. The standard InChI is InChI=1S/C38H46N6O3/c1-24-12-14-28(15-13-24)44-34(23-33(42-44)38(3,4)5)40-36(45)41-35(26-10-8-7-9-11-26)27-21-29-16-17-30(22-27)43(29)37(46)39-32-19-18-31(47-6)20-25(32)2/h7-15,18-20,23,27,29-30,35H,16-17,21-22H2,1-6H3,(H,39,46)(H2,40,41,45). The fourth-order valence-electron chi connectivity index (χ4n) is 7.05. The van der Waals surface area contributed by atoms with Crippen molar-refractivity contribution in [1.29, 1.82) is 0 Å². The second-order valence-corrected chi connectivity index (χ2v) is 14.0. The molecule has 3 aromatic carbocycles. The van der Waals surface area contributed by atoms with Crippen LogP contribution in [0, 0.1) is 19.8 Å². The van der Waals surface area contributed by atoms with E-state index in [-0.39, 0.29) is 41.5 Å². The molecule has 0 saturated carbocycles. The first-order valence-corrected chi connectivity index (χ1v) is 16.5. The number of methoxy groups -OCH3 is 1. The molecular weight excluding hydrogens is 588 g/mol. The molecule has 3 heterocycles. The van der Waals surface area contributed by atoms with Crippen LogP contribution >= 0.6 is 0 Å². The first-order chi connectivity index (χ1) is 22.5. The molecule has 9 nitrogen and oxygen atoms in total. The van der Waals surface area contributed by atoms with Crippen molar-refractivity contribution in [2.24, 2.45) is 5.92 Å². The molecule has 9 heteroatoms. The average Bonchev–Trinajstić information content (AvgIpc) is 3.59. The van der Waals surface area contributed by atoms with Crippen LogP contribution in [0.4, 0.5) is 21.1 Å². The van der Waals surface area contributed by atoms with E-state index >= 15 is 0 Å². The van der Waals surface area contributed by atoms with E-state index in [0.29, 0.717) is 5.82 Å². The summed E-state index contributed by atoms with van der Waals surface area (Å²) < 4.78 is 7.13. The van der Waals surface area contributed by atoms with Gasteiger partial charge in [-0.05, 0) is 86.9 Å². The Balaban J connectivity index is 1.20. The molecule has 2 fully saturated rings. The van der Waals surface area contributed by atoms with Crippen molar-refractivity contribution in [2.75, 3.05) is 17.7 Å². The van der Waals surface area contributed by atoms with Crippen LogP contribution in [0.25, 0.3) is 5.69 Å². The van der Waals surface area contributed by atoms with Gasteiger partial charge in [0, 0.05) is 29.3 Å². The molecule has 2 saturated heterocycles. The summed E-state index contributed by atoms with van der Waals surface area (Å²) in [6.07, 6.45) is 3.52. The van der Waals surface area contributed by atoms with Crippen molar-refractivity contribution in [2.45, 2.75) is 83.8 Å². The summed E-state index contributed by atoms with van der Waals surface area (Å²) >= 11 is 0. The predicted molar refractivity (Wildman–Crippen MR) is 186 cm³/mol. The Bertz CT molecular complexity index is 1710. The minimum absolute atomic E-state index is 0.0646. The van der Waals surface area contributed by atoms with Crippen molar-refractivity contribution < 1.29 is 14.3 Å². The zero-order chi connectivity index (χ0) is 33.3. The van der Waals surface area contributed by atoms with Crippen molar-refractivity contribution in [3.8, 4) is 11.4 Å². The highest BCUT2D eigenvalue weighted by atomic mass is 16.5. The molecule has 0 aliphatic carbocycles. The number of carbonyl (C=O) groups is 2. The number of rotatable bonds is 7. The van der Waals surface area contributed by atoms with Gasteiger partial charge < -0.3 is 20.3 Å². The molecule has 2 aliphatic rings. The fourth-order valence-corrected chi connectivity index (χ4v) is 7.05. The molecular formula is C38H46N6O3. The third-order valence-electron chi connectivity index (χ3n) is 9.59. The number of ether oxygens (including phenoxy) is 1. The van der Waals surface area contributed by atoms with E-state index in [0.717, 1.165) is 65.2 Å². The molecule has 4 amide bonds. The molecule has 4 aromatic rings. The number of aryl methyl sites for hydroxylation is 2. The van der Waals surface area contributed by atoms with Crippen LogP contribution in [-0.2, 0) is 5.41 Å². The van der Waals surface area contributed by atoms with Gasteiger partial charge in [-0.1, -0.05) is 68.8 Å². The summed E-state index contributed by atoms with van der Waals surface area (Å²) in [5.74, 6) is 1.54. The highest BCUT2D eigenvalue weighted by molar-refractivity contribution is 5.91. The molecule has 246 valence electrons. The summed E-state index contributed by atoms with van der Waals surface area (Å²) in [6, 6.07) is 25.6. The average molecular weight is 635 g/mol. The molecule has 3 N–H and O–H groups in total. The summed E-state index contributed by atoms with van der Waals surface area (Å²) in [5, 5.41) is 14.5. The number of amides is 4. The number of benzene rings is 3. The van der Waals surface area contributed by atoms with E-state index in [1.54, 1.807) is 11.8 Å². The van der Waals surface area contributed by atoms with Gasteiger partial charge in [-0.3, -0.25) is 5.32 Å². The van der Waals surface area contributed by atoms with Gasteiger partial charge in [0.15, 0.2) is 0 Å². The number of aromatic nitrogens is 2. The molecule has 3 atom stereocenters. The van der Waals surface area contributed by atoms with Crippen LogP contribution in [0.3, 0.4) is 0 Å². The SMILES string of the molecule is COc1ccc(NC(=O)N2C3CCC2CC(C(NC(=O)Nc2cc(C(C)(C)C)nn2-c2ccc(C)cc2)c2ccccc2)C3)c(C)c1. The molecule has 0 radical (unpaired) electrons. The Morgan fingerprint density at radius 1 is 0.894 bits per heavy atom. The van der Waals surface area contributed by atoms with Crippen molar-refractivity contribution in [3.63, 3.8) is 0 Å². The largest absolute Gasteiger partial charge is 0.497 e. The van der Waals surface area contributed by atoms with Gasteiger partial charge in [-0.25, -0.2) is 14.3 Å². The number of fused-ring (bicyclic) bond motifs is 2. The fraction of sp³-hybridized carbons (Fsp3) is 0.395. The number of carbonyl (C=O) groups excluding carboxylic acids is 2. The van der Waals surface area contributed by atoms with Gasteiger partial charge in [0.05, 0.1) is 24.5 Å². The van der Waals surface area contributed by atoms with Crippen LogP contribution in [-0.4, -0.2) is 45.9 Å². The van der Waals surface area contributed by atoms with Crippen molar-refractivity contribution in [1.82, 2.24) is 20.0 Å². The van der Waals surface area contributed by atoms with Crippen LogP contribution in [0.5, 0.6) is 5.75 Å². The zero-order valence-corrected chi connectivity index (χ0v) is 28.2. The van der Waals surface area contributed by atoms with E-state index in [2.05, 4.69) is 55.8 Å². The minimum atomic E-state index is -0.282. The maximum Gasteiger partial charge on any atom is 0.322 e. The summed E-state index contributed by atoms with van der Waals surface area (Å²) in [6.45, 7) is 10.4. The number of nitrogens with one attached hydrogen (secondary N) is 3. The lowest BCUT2D eigenvalue weighted by Crippen LogP contribution is -2.51. The number of hydrogen-bond acceptors (Lipinski definition) is 4. The van der Waals surface area contributed by atoms with Gasteiger partial charge in [0.2, 0.25) is 0 Å². The predicted octanol–water partition coefficient (Wildman–Crippen LogP) is 8.13. The molecule has 47 heavy (non-hydrogen) atoms. The van der Waals surface area contributed by atoms with Crippen LogP contribution in [0.1, 0.15) is 74.9 Å². The molecule has 0 spiro atoms. The lowest BCUT2D eigenvalue weighted by molar-refractivity contribution is 0.116. The molecule has 2 aliphatic heterocycles. The highest BCUT2D eigenvalue weighted by Gasteiger charge is 2.46. The van der Waals surface area contributed by atoms with Crippen LogP contribution < -0.4 is 20.7 Å². The number of hydrogen-bond donors (Lipinski definition) is 3. The Morgan fingerprint density at radius 3 is 2.19 bits per heavy atom. The second-order valence-electron chi connectivity index (χ2n) is 14.0. The van der Waals surface area contributed by atoms with Gasteiger partial charge in [-0.15, -0.1) is 0 Å². The first kappa shape index (κ1) is 32.2. The minimum Gasteiger partial charge on any atom is -0.497 e. The lowest BCUT2D eigenvalue weighted by atomic mass is 9.82. The monoisotopic (exact) mass is 634 g/mol. The Hall–Kier alpha value is -4.79. The van der Waals surface area contributed by atoms with Crippen LogP contribution in [0.15, 0.2) is 78.9 Å². The number of piperidine rings is 1. The van der Waals surface area contributed by atoms with Gasteiger partial charge in [0.1, 0.15) is 11.6 Å². The van der Waals surface area contributed by atoms with Gasteiger partial charge in [-0.2, -0.15) is 5.10 Å². The number of anilines is 2. The van der Waals surface area contributed by atoms with Gasteiger partial charge >= 0.3 is 12.1 Å². The van der Waals surface area contributed by atoms with Crippen LogP contribution in [0.2, 0.25) is 0 Å². The summed E-state index contributed by atoms with van der Waals surface area (Å²) in [7, 11) is 1.64. The van der Waals surface area contributed by atoms with Gasteiger partial charge in [0.25, 0.3) is 0 Å². The number of nitrogens with zero attached hydrogens (tertiary/aromatic N) is 3. The van der Waals surface area contributed by atoms with E-state index in [9.17, 15) is 9.59 Å². The Labute approximate surface area is 277 Å². The molecule has 1 aromatic heterocycles. The van der Waals surface area contributed by atoms with Crippen molar-refractivity contribution >= 4 is 23.6 Å². The second kappa shape index (κ2) is 13.1. The highest BCUT2D eigenvalue weighted by Crippen LogP contribution is 2.44. The first-order valence-electron chi connectivity index (χ1n) is 16.5. The normalized spacial score (nSPS) is 19.6. The molecule has 6 rings (SSSR count). The molecule has 3 unspecified atom stereocenters. The van der Waals surface area contributed by atoms with E-state index in [4.69, 9.17) is 9.84 Å². The zero-order valence-electron chi connectivity index (χ0n) is 28.2. The quantitative estimate of drug-likeness (QED) is 0.191. The third-order valence-corrected chi connectivity index (χ3v) is 9.59. The Morgan fingerprint density at radius 2 is 1.57 bits per heavy atom. The Kier molecular flexibility index (Phi) is 8.99.